The average molecular weight is 255 g/mol. The fourth-order valence-corrected chi connectivity index (χ4v) is 2.23. The van der Waals surface area contributed by atoms with Gasteiger partial charge in [0, 0.05) is 5.56 Å². The maximum Gasteiger partial charge on any atom is 0.228 e. The number of carbonyl (C=O) groups excluding carboxylic acids is 2. The number of hydrogen-bond acceptors (Lipinski definition) is 2. The number of ketones is 1. The second-order valence-electron chi connectivity index (χ2n) is 4.37. The first-order valence-corrected chi connectivity index (χ1v) is 5.88. The molecule has 3 rings (SSSR count). The molecule has 0 aromatic heterocycles. The van der Waals surface area contributed by atoms with E-state index in [4.69, 9.17) is 0 Å². The van der Waals surface area contributed by atoms with Crippen LogP contribution < -0.4 is 5.32 Å². The smallest absolute Gasteiger partial charge is 0.228 e. The van der Waals surface area contributed by atoms with Crippen molar-refractivity contribution in [2.24, 2.45) is 0 Å². The lowest BCUT2D eigenvalue weighted by atomic mass is 9.99. The van der Waals surface area contributed by atoms with Crippen LogP contribution in [0.25, 0.3) is 0 Å². The molecule has 0 radical (unpaired) electrons. The average Bonchev–Trinajstić information content (AvgIpc) is 2.78. The van der Waals surface area contributed by atoms with E-state index < -0.39 is 11.6 Å². The van der Waals surface area contributed by atoms with Crippen LogP contribution in [0.15, 0.2) is 42.5 Å². The summed E-state index contributed by atoms with van der Waals surface area (Å²) in [5.41, 5.74) is 1.61. The zero-order valence-electron chi connectivity index (χ0n) is 9.94. The molecule has 0 aliphatic carbocycles. The molecular weight excluding hydrogens is 245 g/mol. The van der Waals surface area contributed by atoms with Crippen LogP contribution in [0, 0.1) is 5.82 Å². The maximum atomic E-state index is 13.6. The lowest BCUT2D eigenvalue weighted by molar-refractivity contribution is -0.115. The van der Waals surface area contributed by atoms with Gasteiger partial charge in [-0.3, -0.25) is 9.59 Å². The summed E-state index contributed by atoms with van der Waals surface area (Å²) < 4.78 is 13.6. The molecule has 1 amide bonds. The number of fused-ring (bicyclic) bond motifs is 1. The van der Waals surface area contributed by atoms with Gasteiger partial charge < -0.3 is 5.32 Å². The molecule has 19 heavy (non-hydrogen) atoms. The van der Waals surface area contributed by atoms with Crippen molar-refractivity contribution < 1.29 is 14.0 Å². The number of rotatable bonds is 2. The molecule has 0 atom stereocenters. The second kappa shape index (κ2) is 4.31. The fourth-order valence-electron chi connectivity index (χ4n) is 2.23. The minimum absolute atomic E-state index is 0.0112. The van der Waals surface area contributed by atoms with Crippen molar-refractivity contribution in [3.8, 4) is 0 Å². The first kappa shape index (κ1) is 11.6. The van der Waals surface area contributed by atoms with Gasteiger partial charge in [0.2, 0.25) is 5.91 Å². The zero-order valence-corrected chi connectivity index (χ0v) is 9.94. The monoisotopic (exact) mass is 255 g/mol. The molecule has 0 fully saturated rings. The lowest BCUT2D eigenvalue weighted by Crippen LogP contribution is -2.09. The normalized spacial score (nSPS) is 13.0. The Morgan fingerprint density at radius 2 is 1.79 bits per heavy atom. The van der Waals surface area contributed by atoms with E-state index >= 15 is 0 Å². The van der Waals surface area contributed by atoms with Gasteiger partial charge in [-0.25, -0.2) is 4.39 Å². The molecule has 4 heteroatoms. The van der Waals surface area contributed by atoms with Gasteiger partial charge in [0.05, 0.1) is 17.7 Å². The van der Waals surface area contributed by atoms with Crippen molar-refractivity contribution in [3.05, 3.63) is 65.0 Å². The number of para-hydroxylation sites is 1. The second-order valence-corrected chi connectivity index (χ2v) is 4.37. The molecule has 0 spiro atoms. The Bertz CT molecular complexity index is 694. The van der Waals surface area contributed by atoms with Gasteiger partial charge in [-0.1, -0.05) is 24.3 Å². The summed E-state index contributed by atoms with van der Waals surface area (Å²) in [4.78, 5) is 23.7. The highest BCUT2D eigenvalue weighted by Crippen LogP contribution is 2.29. The summed E-state index contributed by atoms with van der Waals surface area (Å²) in [5.74, 6) is -1.13. The Balaban J connectivity index is 2.10. The zero-order chi connectivity index (χ0) is 13.4. The van der Waals surface area contributed by atoms with Gasteiger partial charge in [-0.15, -0.1) is 0 Å². The fraction of sp³-hybridized carbons (Fsp3) is 0.0667. The van der Waals surface area contributed by atoms with Crippen LogP contribution in [0.3, 0.4) is 0 Å². The van der Waals surface area contributed by atoms with Crippen molar-refractivity contribution in [2.75, 3.05) is 5.32 Å². The molecule has 94 valence electrons. The largest absolute Gasteiger partial charge is 0.325 e. The van der Waals surface area contributed by atoms with E-state index in [0.29, 0.717) is 11.3 Å². The molecule has 1 heterocycles. The van der Waals surface area contributed by atoms with Gasteiger partial charge in [-0.05, 0) is 23.8 Å². The lowest BCUT2D eigenvalue weighted by Gasteiger charge is -2.07. The minimum Gasteiger partial charge on any atom is -0.325 e. The summed E-state index contributed by atoms with van der Waals surface area (Å²) >= 11 is 0. The number of carbonyl (C=O) groups is 2. The number of amides is 1. The third kappa shape index (κ3) is 1.91. The number of hydrogen-bond donors (Lipinski definition) is 1. The highest BCUT2D eigenvalue weighted by Gasteiger charge is 2.24. The van der Waals surface area contributed by atoms with Crippen molar-refractivity contribution in [2.45, 2.75) is 6.42 Å². The molecule has 0 unspecified atom stereocenters. The standard InChI is InChI=1S/C15H10FNO2/c16-12-7-2-1-5-10(12)15(19)11-6-3-4-9-8-13(18)17-14(9)11/h1-7H,8H2,(H,17,18). The van der Waals surface area contributed by atoms with E-state index in [9.17, 15) is 14.0 Å². The van der Waals surface area contributed by atoms with Crippen molar-refractivity contribution in [1.82, 2.24) is 0 Å². The maximum absolute atomic E-state index is 13.6. The minimum atomic E-state index is -0.561. The van der Waals surface area contributed by atoms with Crippen LogP contribution in [0.4, 0.5) is 10.1 Å². The molecule has 1 aliphatic rings. The van der Waals surface area contributed by atoms with E-state index in [-0.39, 0.29) is 17.9 Å². The summed E-state index contributed by atoms with van der Waals surface area (Å²) in [6.07, 6.45) is 0.258. The Labute approximate surface area is 109 Å². The molecule has 3 nitrogen and oxygen atoms in total. The molecule has 2 aromatic rings. The molecule has 1 N–H and O–H groups in total. The van der Waals surface area contributed by atoms with Gasteiger partial charge in [0.15, 0.2) is 5.78 Å². The molecular formula is C15H10FNO2. The Morgan fingerprint density at radius 3 is 2.58 bits per heavy atom. The number of anilines is 1. The number of benzene rings is 2. The van der Waals surface area contributed by atoms with Gasteiger partial charge in [0.1, 0.15) is 5.82 Å². The summed E-state index contributed by atoms with van der Waals surface area (Å²) in [7, 11) is 0. The third-order valence-electron chi connectivity index (χ3n) is 3.13. The molecule has 0 saturated carbocycles. The first-order valence-electron chi connectivity index (χ1n) is 5.88. The third-order valence-corrected chi connectivity index (χ3v) is 3.13. The molecule has 2 aromatic carbocycles. The Kier molecular flexibility index (Phi) is 2.63. The van der Waals surface area contributed by atoms with Crippen LogP contribution in [-0.2, 0) is 11.2 Å². The van der Waals surface area contributed by atoms with E-state index in [1.54, 1.807) is 24.3 Å². The van der Waals surface area contributed by atoms with Crippen molar-refractivity contribution in [3.63, 3.8) is 0 Å². The van der Waals surface area contributed by atoms with E-state index in [0.717, 1.165) is 5.56 Å². The highest BCUT2D eigenvalue weighted by molar-refractivity contribution is 6.16. The van der Waals surface area contributed by atoms with Gasteiger partial charge >= 0.3 is 0 Å². The van der Waals surface area contributed by atoms with Crippen LogP contribution in [0.5, 0.6) is 0 Å². The topological polar surface area (TPSA) is 46.2 Å². The van der Waals surface area contributed by atoms with Crippen LogP contribution >= 0.6 is 0 Å². The summed E-state index contributed by atoms with van der Waals surface area (Å²) in [5, 5.41) is 2.65. The Hall–Kier alpha value is -2.49. The molecule has 1 aliphatic heterocycles. The van der Waals surface area contributed by atoms with Crippen LogP contribution in [0.2, 0.25) is 0 Å². The van der Waals surface area contributed by atoms with Gasteiger partial charge in [0.25, 0.3) is 0 Å². The quantitative estimate of drug-likeness (QED) is 0.838. The van der Waals surface area contributed by atoms with Gasteiger partial charge in [-0.2, -0.15) is 0 Å². The highest BCUT2D eigenvalue weighted by atomic mass is 19.1. The number of halogens is 1. The number of nitrogens with one attached hydrogen (secondary N) is 1. The van der Waals surface area contributed by atoms with E-state index in [2.05, 4.69) is 5.32 Å². The Morgan fingerprint density at radius 1 is 1.05 bits per heavy atom. The van der Waals surface area contributed by atoms with Crippen LogP contribution in [-0.4, -0.2) is 11.7 Å². The molecule has 0 bridgehead atoms. The predicted octanol–water partition coefficient (Wildman–Crippen LogP) is 2.55. The SMILES string of the molecule is O=C1Cc2cccc(C(=O)c3ccccc3F)c2N1. The molecule has 0 saturated heterocycles. The van der Waals surface area contributed by atoms with Crippen LogP contribution in [0.1, 0.15) is 21.5 Å². The summed E-state index contributed by atoms with van der Waals surface area (Å²) in [6.45, 7) is 0. The first-order chi connectivity index (χ1) is 9.16. The van der Waals surface area contributed by atoms with Crippen molar-refractivity contribution >= 4 is 17.4 Å². The van der Waals surface area contributed by atoms with E-state index in [1.165, 1.54) is 18.2 Å². The van der Waals surface area contributed by atoms with E-state index in [1.807, 2.05) is 0 Å². The summed E-state index contributed by atoms with van der Waals surface area (Å²) in [6, 6.07) is 10.9. The van der Waals surface area contributed by atoms with Crippen molar-refractivity contribution in [1.29, 1.82) is 0 Å². The predicted molar refractivity (Wildman–Crippen MR) is 68.6 cm³/mol.